The lowest BCUT2D eigenvalue weighted by molar-refractivity contribution is -0.145. The first-order valence-electron chi connectivity index (χ1n) is 21.3. The Hall–Kier alpha value is -4.74. The van der Waals surface area contributed by atoms with Crippen LogP contribution in [0.3, 0.4) is 0 Å². The molecule has 0 N–H and O–H groups in total. The fourth-order valence-corrected chi connectivity index (χ4v) is 5.59. The number of carbonyl (C=O) groups excluding carboxylic acids is 2. The van der Waals surface area contributed by atoms with Gasteiger partial charge in [-0.2, -0.15) is 0 Å². The number of rotatable bonds is 30. The summed E-state index contributed by atoms with van der Waals surface area (Å²) < 4.78 is 63.2. The van der Waals surface area contributed by atoms with Gasteiger partial charge in [0.15, 0.2) is 23.0 Å². The number of hydrogen-bond donors (Lipinski definition) is 0. The summed E-state index contributed by atoms with van der Waals surface area (Å²) in [5.41, 5.74) is 1.20. The number of benzene rings is 2. The highest BCUT2D eigenvalue weighted by molar-refractivity contribution is 5.87. The molecule has 0 fully saturated rings. The summed E-state index contributed by atoms with van der Waals surface area (Å²) in [5, 5.41) is 0. The minimum Gasteiger partial charge on any atom is -0.490 e. The quantitative estimate of drug-likeness (QED) is 0.0549. The number of ether oxygens (including phenoxy) is 10. The van der Waals surface area contributed by atoms with Gasteiger partial charge in [0.05, 0.1) is 39.6 Å². The van der Waals surface area contributed by atoms with E-state index in [1.807, 2.05) is 53.7 Å². The molecule has 12 heteroatoms. The summed E-state index contributed by atoms with van der Waals surface area (Å²) in [6.45, 7) is 32.8. The molecule has 0 aliphatic heterocycles. The molecule has 2 aromatic rings. The highest BCUT2D eigenvalue weighted by atomic mass is 16.6. The van der Waals surface area contributed by atoms with Gasteiger partial charge in [0.2, 0.25) is 23.0 Å². The van der Waals surface area contributed by atoms with Crippen LogP contribution in [-0.4, -0.2) is 77.0 Å². The molecule has 0 aliphatic carbocycles. The predicted molar refractivity (Wildman–Crippen MR) is 231 cm³/mol. The lowest BCUT2D eigenvalue weighted by Crippen LogP contribution is -2.25. The molecule has 2 rings (SSSR count). The smallest absolute Gasteiger partial charge is 0.333 e. The molecule has 2 unspecified atom stereocenters. The van der Waals surface area contributed by atoms with Crippen LogP contribution in [0.25, 0.3) is 0 Å². The molecule has 0 bridgehead atoms. The summed E-state index contributed by atoms with van der Waals surface area (Å²) in [4.78, 5) is 24.7. The minimum absolute atomic E-state index is 0.0255. The Morgan fingerprint density at radius 1 is 0.492 bits per heavy atom. The zero-order chi connectivity index (χ0) is 44.1. The van der Waals surface area contributed by atoms with E-state index < -0.39 is 29.6 Å². The van der Waals surface area contributed by atoms with Crippen molar-refractivity contribution in [2.24, 2.45) is 0 Å². The van der Waals surface area contributed by atoms with Gasteiger partial charge in [-0.05, 0) is 78.4 Å². The third-order valence-electron chi connectivity index (χ3n) is 8.62. The fourth-order valence-electron chi connectivity index (χ4n) is 5.59. The summed E-state index contributed by atoms with van der Waals surface area (Å²) in [6, 6.07) is 3.87. The summed E-state index contributed by atoms with van der Waals surface area (Å²) in [7, 11) is 0. The lowest BCUT2D eigenvalue weighted by atomic mass is 9.76. The van der Waals surface area contributed by atoms with E-state index in [1.165, 1.54) is 0 Å². The zero-order valence-electron chi connectivity index (χ0n) is 38.0. The molecule has 0 radical (unpaired) electrons. The Morgan fingerprint density at radius 3 is 1.07 bits per heavy atom. The van der Waals surface area contributed by atoms with E-state index in [9.17, 15) is 9.59 Å². The molecular weight excluding hydrogens is 757 g/mol. The third kappa shape index (κ3) is 14.8. The van der Waals surface area contributed by atoms with Crippen LogP contribution in [0.2, 0.25) is 0 Å². The van der Waals surface area contributed by atoms with E-state index in [2.05, 4.69) is 27.0 Å². The van der Waals surface area contributed by atoms with Gasteiger partial charge < -0.3 is 47.4 Å². The number of carbonyl (C=O) groups is 2. The van der Waals surface area contributed by atoms with Crippen LogP contribution >= 0.6 is 0 Å². The SMILES string of the molecule is C=C(C)C(=O)OC(C)COc1c(OCCC)cc(C(C)(C)c2cc(OCCC)c(OCC(C)OC(=O)C(=C)C)c(OCCC)c2OCCC)c(OCCC)c1OCCC. The summed E-state index contributed by atoms with van der Waals surface area (Å²) in [6.07, 6.45) is 3.17. The molecule has 59 heavy (non-hydrogen) atoms. The maximum Gasteiger partial charge on any atom is 0.333 e. The average molecular weight is 829 g/mol. The Bertz CT molecular complexity index is 1540. The Balaban J connectivity index is 3.07. The molecule has 0 spiro atoms. The second-order valence-corrected chi connectivity index (χ2v) is 15.1. The Labute approximate surface area is 353 Å². The molecule has 0 aromatic heterocycles. The molecule has 2 atom stereocenters. The lowest BCUT2D eigenvalue weighted by Gasteiger charge is -2.34. The van der Waals surface area contributed by atoms with Crippen LogP contribution in [0.15, 0.2) is 36.4 Å². The molecule has 0 aliphatic rings. The molecule has 0 amide bonds. The van der Waals surface area contributed by atoms with Crippen molar-refractivity contribution in [3.05, 3.63) is 47.6 Å². The van der Waals surface area contributed by atoms with Crippen molar-refractivity contribution in [2.75, 3.05) is 52.9 Å². The van der Waals surface area contributed by atoms with Gasteiger partial charge in [-0.3, -0.25) is 0 Å². The monoisotopic (exact) mass is 829 g/mol. The van der Waals surface area contributed by atoms with E-state index >= 15 is 0 Å². The van der Waals surface area contributed by atoms with Crippen LogP contribution in [0.5, 0.6) is 46.0 Å². The third-order valence-corrected chi connectivity index (χ3v) is 8.62. The van der Waals surface area contributed by atoms with E-state index in [0.717, 1.165) is 49.7 Å². The minimum atomic E-state index is -0.888. The predicted octanol–water partition coefficient (Wildman–Crippen LogP) is 10.5. The maximum absolute atomic E-state index is 12.3. The first-order valence-corrected chi connectivity index (χ1v) is 21.3. The van der Waals surface area contributed by atoms with Crippen molar-refractivity contribution >= 4 is 11.9 Å². The van der Waals surface area contributed by atoms with Gasteiger partial charge in [0, 0.05) is 27.7 Å². The van der Waals surface area contributed by atoms with E-state index in [1.54, 1.807) is 27.7 Å². The van der Waals surface area contributed by atoms with Gasteiger partial charge in [-0.15, -0.1) is 0 Å². The van der Waals surface area contributed by atoms with Crippen molar-refractivity contribution in [3.8, 4) is 46.0 Å². The molecule has 332 valence electrons. The van der Waals surface area contributed by atoms with E-state index in [-0.39, 0.29) is 13.2 Å². The summed E-state index contributed by atoms with van der Waals surface area (Å²) >= 11 is 0. The highest BCUT2D eigenvalue weighted by Gasteiger charge is 2.39. The molecule has 0 saturated carbocycles. The van der Waals surface area contributed by atoms with Gasteiger partial charge in [-0.1, -0.05) is 68.5 Å². The van der Waals surface area contributed by atoms with Gasteiger partial charge >= 0.3 is 11.9 Å². The first-order chi connectivity index (χ1) is 28.1. The average Bonchev–Trinajstić information content (AvgIpc) is 3.20. The summed E-state index contributed by atoms with van der Waals surface area (Å²) in [5.74, 6) is 2.32. The molecule has 12 nitrogen and oxygen atoms in total. The van der Waals surface area contributed by atoms with Crippen molar-refractivity contribution in [1.82, 2.24) is 0 Å². The van der Waals surface area contributed by atoms with Crippen LogP contribution < -0.4 is 37.9 Å². The molecule has 2 aromatic carbocycles. The highest BCUT2D eigenvalue weighted by Crippen LogP contribution is 2.57. The Morgan fingerprint density at radius 2 is 0.780 bits per heavy atom. The van der Waals surface area contributed by atoms with Crippen molar-refractivity contribution in [1.29, 1.82) is 0 Å². The van der Waals surface area contributed by atoms with Crippen molar-refractivity contribution in [3.63, 3.8) is 0 Å². The number of hydrogen-bond acceptors (Lipinski definition) is 12. The van der Waals surface area contributed by atoms with Crippen molar-refractivity contribution in [2.45, 2.75) is 139 Å². The second-order valence-electron chi connectivity index (χ2n) is 15.1. The standard InChI is InChI=1S/C47H72O12/c1-15-21-50-37-27-35(39(52-23-17-3)43(54-25-19-5)41(37)56-29-33(11)58-45(48)31(7)8)47(13,14)36-28-38(51-22-16-2)42(57-30-34(12)59-46(49)32(9)10)44(55-26-20-6)40(36)53-24-18-4/h27-28,33-34H,7,9,15-26,29-30H2,1-6,8,10-14H3. The van der Waals surface area contributed by atoms with Crippen LogP contribution in [0, 0.1) is 0 Å². The Kier molecular flexibility index (Phi) is 21.9. The van der Waals surface area contributed by atoms with Gasteiger partial charge in [0.1, 0.15) is 25.4 Å². The van der Waals surface area contributed by atoms with E-state index in [0.29, 0.717) is 96.8 Å². The van der Waals surface area contributed by atoms with Crippen LogP contribution in [0.1, 0.15) is 133 Å². The topological polar surface area (TPSA) is 126 Å². The normalized spacial score (nSPS) is 12.1. The van der Waals surface area contributed by atoms with Crippen LogP contribution in [-0.2, 0) is 24.5 Å². The van der Waals surface area contributed by atoms with Crippen molar-refractivity contribution < 1.29 is 57.0 Å². The molecule has 0 heterocycles. The van der Waals surface area contributed by atoms with Gasteiger partial charge in [0.25, 0.3) is 0 Å². The van der Waals surface area contributed by atoms with E-state index in [4.69, 9.17) is 47.4 Å². The first kappa shape index (κ1) is 50.4. The second kappa shape index (κ2) is 25.7. The van der Waals surface area contributed by atoms with Crippen LogP contribution in [0.4, 0.5) is 0 Å². The number of esters is 2. The molecule has 0 saturated heterocycles. The zero-order valence-corrected chi connectivity index (χ0v) is 38.0. The van der Waals surface area contributed by atoms with Gasteiger partial charge in [-0.25, -0.2) is 9.59 Å². The largest absolute Gasteiger partial charge is 0.490 e. The maximum atomic E-state index is 12.3. The fraction of sp³-hybridized carbons (Fsp3) is 0.617. The molecular formula is C47H72O12.